The van der Waals surface area contributed by atoms with Gasteiger partial charge in [-0.25, -0.2) is 8.42 Å². The van der Waals surface area contributed by atoms with Crippen molar-refractivity contribution in [3.8, 4) is 0 Å². The van der Waals surface area contributed by atoms with Crippen LogP contribution in [0.25, 0.3) is 0 Å². The Bertz CT molecular complexity index is 623. The topological polar surface area (TPSA) is 84.3 Å². The van der Waals surface area contributed by atoms with E-state index in [1.807, 2.05) is 6.92 Å². The molecule has 1 N–H and O–H groups in total. The van der Waals surface area contributed by atoms with Gasteiger partial charge >= 0.3 is 0 Å². The molecule has 0 saturated carbocycles. The van der Waals surface area contributed by atoms with Crippen LogP contribution in [-0.4, -0.2) is 48.0 Å². The minimum atomic E-state index is -3.58. The lowest BCUT2D eigenvalue weighted by atomic mass is 9.99. The molecule has 0 aliphatic carbocycles. The third-order valence-electron chi connectivity index (χ3n) is 3.91. The molecule has 1 aromatic heterocycles. The molecule has 1 saturated heterocycles. The standard InChI is InChI=1S/C13H22N4O3S/c1-4-14-13(18)11-6-5-7-17(9-11)21(19,20)12-8-15-16(3)10(12)2/h8,11H,4-7,9H2,1-3H3,(H,14,18)/t11-/m0/s1. The molecular formula is C13H22N4O3S. The summed E-state index contributed by atoms with van der Waals surface area (Å²) in [4.78, 5) is 12.2. The van der Waals surface area contributed by atoms with E-state index < -0.39 is 10.0 Å². The van der Waals surface area contributed by atoms with Gasteiger partial charge in [0.2, 0.25) is 15.9 Å². The maximum Gasteiger partial charge on any atom is 0.246 e. The molecule has 0 aromatic carbocycles. The molecule has 118 valence electrons. The maximum absolute atomic E-state index is 12.7. The van der Waals surface area contributed by atoms with E-state index in [1.54, 1.807) is 14.0 Å². The highest BCUT2D eigenvalue weighted by Crippen LogP contribution is 2.25. The first-order valence-corrected chi connectivity index (χ1v) is 8.58. The maximum atomic E-state index is 12.7. The summed E-state index contributed by atoms with van der Waals surface area (Å²) in [6.07, 6.45) is 2.80. The molecule has 0 radical (unpaired) electrons. The predicted octanol–water partition coefficient (Wildman–Crippen LogP) is 0.265. The number of aryl methyl sites for hydroxylation is 1. The van der Waals surface area contributed by atoms with Gasteiger partial charge in [0.25, 0.3) is 0 Å². The van der Waals surface area contributed by atoms with Crippen LogP contribution in [0.4, 0.5) is 0 Å². The highest BCUT2D eigenvalue weighted by molar-refractivity contribution is 7.89. The molecule has 1 atom stereocenters. The summed E-state index contributed by atoms with van der Waals surface area (Å²) in [5, 5.41) is 6.76. The van der Waals surface area contributed by atoms with Gasteiger partial charge in [-0.2, -0.15) is 9.40 Å². The van der Waals surface area contributed by atoms with Crippen LogP contribution in [0, 0.1) is 12.8 Å². The summed E-state index contributed by atoms with van der Waals surface area (Å²) in [5.74, 6) is -0.342. The van der Waals surface area contributed by atoms with Crippen molar-refractivity contribution in [2.24, 2.45) is 13.0 Å². The SMILES string of the molecule is CCNC(=O)[C@H]1CCCN(S(=O)(=O)c2cnn(C)c2C)C1. The van der Waals surface area contributed by atoms with Crippen molar-refractivity contribution in [3.63, 3.8) is 0 Å². The summed E-state index contributed by atoms with van der Waals surface area (Å²) in [6.45, 7) is 4.83. The van der Waals surface area contributed by atoms with Gasteiger partial charge in [-0.05, 0) is 26.7 Å². The van der Waals surface area contributed by atoms with E-state index in [9.17, 15) is 13.2 Å². The van der Waals surface area contributed by atoms with Crippen molar-refractivity contribution >= 4 is 15.9 Å². The molecule has 1 aromatic rings. The van der Waals surface area contributed by atoms with Gasteiger partial charge in [-0.1, -0.05) is 0 Å². The molecule has 0 bridgehead atoms. The summed E-state index contributed by atoms with van der Waals surface area (Å²) in [5.41, 5.74) is 0.607. The molecule has 1 aliphatic rings. The van der Waals surface area contributed by atoms with Gasteiger partial charge in [0, 0.05) is 26.7 Å². The predicted molar refractivity (Wildman–Crippen MR) is 78.1 cm³/mol. The Morgan fingerprint density at radius 2 is 2.24 bits per heavy atom. The molecule has 2 rings (SSSR count). The smallest absolute Gasteiger partial charge is 0.246 e. The molecule has 0 unspecified atom stereocenters. The molecule has 1 amide bonds. The number of carbonyl (C=O) groups excluding carboxylic acids is 1. The summed E-state index contributed by atoms with van der Waals surface area (Å²) < 4.78 is 28.3. The zero-order chi connectivity index (χ0) is 15.6. The minimum absolute atomic E-state index is 0.0692. The average Bonchev–Trinajstić information content (AvgIpc) is 2.80. The second-order valence-corrected chi connectivity index (χ2v) is 7.22. The van der Waals surface area contributed by atoms with E-state index in [-0.39, 0.29) is 23.3 Å². The fraction of sp³-hybridized carbons (Fsp3) is 0.692. The van der Waals surface area contributed by atoms with Crippen molar-refractivity contribution in [2.75, 3.05) is 19.6 Å². The number of nitrogens with zero attached hydrogens (tertiary/aromatic N) is 3. The lowest BCUT2D eigenvalue weighted by Crippen LogP contribution is -2.45. The number of sulfonamides is 1. The van der Waals surface area contributed by atoms with Crippen molar-refractivity contribution in [1.29, 1.82) is 0 Å². The third kappa shape index (κ3) is 3.11. The number of aromatic nitrogens is 2. The third-order valence-corrected chi connectivity index (χ3v) is 5.88. The lowest BCUT2D eigenvalue weighted by molar-refractivity contribution is -0.125. The molecule has 0 spiro atoms. The number of carbonyl (C=O) groups is 1. The molecule has 21 heavy (non-hydrogen) atoms. The van der Waals surface area contributed by atoms with Crippen molar-refractivity contribution in [2.45, 2.75) is 31.6 Å². The number of hydrogen-bond donors (Lipinski definition) is 1. The zero-order valence-electron chi connectivity index (χ0n) is 12.7. The van der Waals surface area contributed by atoms with Gasteiger partial charge in [0.15, 0.2) is 0 Å². The second kappa shape index (κ2) is 6.15. The van der Waals surface area contributed by atoms with Crippen LogP contribution in [0.5, 0.6) is 0 Å². The Kier molecular flexibility index (Phi) is 4.67. The number of piperidine rings is 1. The van der Waals surface area contributed by atoms with Crippen LogP contribution in [-0.2, 0) is 21.9 Å². The Hall–Kier alpha value is -1.41. The van der Waals surface area contributed by atoms with Crippen LogP contribution < -0.4 is 5.32 Å². The largest absolute Gasteiger partial charge is 0.356 e. The second-order valence-electron chi connectivity index (χ2n) is 5.31. The lowest BCUT2D eigenvalue weighted by Gasteiger charge is -2.31. The van der Waals surface area contributed by atoms with Gasteiger partial charge in [0.1, 0.15) is 4.90 Å². The molecule has 7 nitrogen and oxygen atoms in total. The van der Waals surface area contributed by atoms with E-state index in [0.717, 1.165) is 6.42 Å². The van der Waals surface area contributed by atoms with E-state index in [0.29, 0.717) is 25.2 Å². The van der Waals surface area contributed by atoms with Crippen LogP contribution in [0.2, 0.25) is 0 Å². The summed E-state index contributed by atoms with van der Waals surface area (Å²) >= 11 is 0. The van der Waals surface area contributed by atoms with Crippen LogP contribution in [0.3, 0.4) is 0 Å². The first-order chi connectivity index (χ1) is 9.87. The quantitative estimate of drug-likeness (QED) is 0.864. The number of hydrogen-bond acceptors (Lipinski definition) is 4. The van der Waals surface area contributed by atoms with Gasteiger partial charge in [-0.15, -0.1) is 0 Å². The first-order valence-electron chi connectivity index (χ1n) is 7.14. The first kappa shape index (κ1) is 16.0. The molecule has 1 aliphatic heterocycles. The van der Waals surface area contributed by atoms with Gasteiger partial charge < -0.3 is 5.32 Å². The highest BCUT2D eigenvalue weighted by Gasteiger charge is 2.34. The van der Waals surface area contributed by atoms with Crippen LogP contribution in [0.15, 0.2) is 11.1 Å². The number of nitrogens with one attached hydrogen (secondary N) is 1. The van der Waals surface area contributed by atoms with E-state index in [4.69, 9.17) is 0 Å². The Morgan fingerprint density at radius 1 is 1.52 bits per heavy atom. The molecule has 1 fully saturated rings. The number of rotatable bonds is 4. The summed E-state index contributed by atoms with van der Waals surface area (Å²) in [6, 6.07) is 0. The van der Waals surface area contributed by atoms with Gasteiger partial charge in [-0.3, -0.25) is 9.48 Å². The minimum Gasteiger partial charge on any atom is -0.356 e. The zero-order valence-corrected chi connectivity index (χ0v) is 13.5. The van der Waals surface area contributed by atoms with Crippen molar-refractivity contribution in [3.05, 3.63) is 11.9 Å². The molecule has 8 heteroatoms. The average molecular weight is 314 g/mol. The molecular weight excluding hydrogens is 292 g/mol. The summed E-state index contributed by atoms with van der Waals surface area (Å²) in [7, 11) is -1.87. The number of amides is 1. The van der Waals surface area contributed by atoms with Gasteiger partial charge in [0.05, 0.1) is 17.8 Å². The normalized spacial score (nSPS) is 20.4. The Morgan fingerprint density at radius 3 is 2.81 bits per heavy atom. The van der Waals surface area contributed by atoms with E-state index in [1.165, 1.54) is 15.2 Å². The Balaban J connectivity index is 2.21. The fourth-order valence-corrected chi connectivity index (χ4v) is 4.27. The monoisotopic (exact) mass is 314 g/mol. The van der Waals surface area contributed by atoms with Crippen molar-refractivity contribution in [1.82, 2.24) is 19.4 Å². The van der Waals surface area contributed by atoms with E-state index in [2.05, 4.69) is 10.4 Å². The van der Waals surface area contributed by atoms with E-state index >= 15 is 0 Å². The van der Waals surface area contributed by atoms with Crippen LogP contribution >= 0.6 is 0 Å². The Labute approximate surface area is 125 Å². The highest BCUT2D eigenvalue weighted by atomic mass is 32.2. The van der Waals surface area contributed by atoms with Crippen LogP contribution in [0.1, 0.15) is 25.5 Å². The van der Waals surface area contributed by atoms with Crippen molar-refractivity contribution < 1.29 is 13.2 Å². The fourth-order valence-electron chi connectivity index (χ4n) is 2.56. The molecule has 2 heterocycles.